The minimum absolute atomic E-state index is 0.377. The third-order valence-electron chi connectivity index (χ3n) is 3.82. The van der Waals surface area contributed by atoms with Crippen molar-refractivity contribution in [2.75, 3.05) is 6.54 Å². The molecule has 3 nitrogen and oxygen atoms in total. The zero-order valence-electron chi connectivity index (χ0n) is 11.5. The number of halogens is 1. The van der Waals surface area contributed by atoms with Gasteiger partial charge in [-0.15, -0.1) is 0 Å². The van der Waals surface area contributed by atoms with E-state index in [-0.39, 0.29) is 0 Å². The van der Waals surface area contributed by atoms with E-state index in [1.165, 1.54) is 19.3 Å². The van der Waals surface area contributed by atoms with E-state index in [1.807, 2.05) is 18.2 Å². The Morgan fingerprint density at radius 1 is 1.37 bits per heavy atom. The number of piperidine rings is 1. The van der Waals surface area contributed by atoms with Crippen LogP contribution >= 0.6 is 11.6 Å². The molecular weight excluding hydrogens is 258 g/mol. The molecule has 1 saturated heterocycles. The number of hydrogen-bond donors (Lipinski definition) is 1. The number of hydrogen-bond acceptors (Lipinski definition) is 2. The van der Waals surface area contributed by atoms with Crippen molar-refractivity contribution in [3.8, 4) is 0 Å². The summed E-state index contributed by atoms with van der Waals surface area (Å²) in [6.45, 7) is 5.50. The zero-order valence-corrected chi connectivity index (χ0v) is 12.2. The van der Waals surface area contributed by atoms with Crippen molar-refractivity contribution in [3.63, 3.8) is 0 Å². The van der Waals surface area contributed by atoms with E-state index < -0.39 is 0 Å². The highest BCUT2D eigenvalue weighted by Gasteiger charge is 2.23. The average molecular weight is 278 g/mol. The van der Waals surface area contributed by atoms with Crippen molar-refractivity contribution in [1.82, 2.24) is 14.9 Å². The largest absolute Gasteiger partial charge is 0.324 e. The first-order valence-corrected chi connectivity index (χ1v) is 7.45. The molecule has 1 fully saturated rings. The standard InChI is InChI=1S/C15H20ClN3/c1-10(2)19-14-9-11(16)6-7-12(14)18-15(19)13-5-3-4-8-17-13/h6-7,9-10,13,17H,3-5,8H2,1-2H3. The quantitative estimate of drug-likeness (QED) is 0.896. The van der Waals surface area contributed by atoms with Gasteiger partial charge >= 0.3 is 0 Å². The SMILES string of the molecule is CC(C)n1c(C2CCCCN2)nc2ccc(Cl)cc21. The average Bonchev–Trinajstić information content (AvgIpc) is 2.78. The first kappa shape index (κ1) is 12.9. The van der Waals surface area contributed by atoms with Crippen molar-refractivity contribution in [2.24, 2.45) is 0 Å². The highest BCUT2D eigenvalue weighted by Crippen LogP contribution is 2.30. The third-order valence-corrected chi connectivity index (χ3v) is 4.05. The van der Waals surface area contributed by atoms with Gasteiger partial charge in [-0.1, -0.05) is 18.0 Å². The molecule has 0 aliphatic carbocycles. The normalized spacial score (nSPS) is 20.3. The van der Waals surface area contributed by atoms with E-state index in [4.69, 9.17) is 16.6 Å². The molecule has 1 atom stereocenters. The Morgan fingerprint density at radius 3 is 2.89 bits per heavy atom. The fraction of sp³-hybridized carbons (Fsp3) is 0.533. The Balaban J connectivity index is 2.14. The molecule has 1 aromatic carbocycles. The van der Waals surface area contributed by atoms with Crippen LogP contribution < -0.4 is 5.32 Å². The molecule has 3 rings (SSSR count). The number of benzene rings is 1. The summed E-state index contributed by atoms with van der Waals surface area (Å²) in [5.74, 6) is 1.16. The maximum absolute atomic E-state index is 6.13. The third kappa shape index (κ3) is 2.37. The molecule has 0 amide bonds. The van der Waals surface area contributed by atoms with Gasteiger partial charge in [-0.3, -0.25) is 0 Å². The van der Waals surface area contributed by atoms with Gasteiger partial charge in [0.1, 0.15) is 5.82 Å². The van der Waals surface area contributed by atoms with Crippen molar-refractivity contribution >= 4 is 22.6 Å². The highest BCUT2D eigenvalue weighted by atomic mass is 35.5. The van der Waals surface area contributed by atoms with Crippen LogP contribution in [0.25, 0.3) is 11.0 Å². The number of aromatic nitrogens is 2. The van der Waals surface area contributed by atoms with E-state index in [0.29, 0.717) is 12.1 Å². The van der Waals surface area contributed by atoms with E-state index >= 15 is 0 Å². The molecule has 0 saturated carbocycles. The molecular formula is C15H20ClN3. The summed E-state index contributed by atoms with van der Waals surface area (Å²) in [7, 11) is 0. The Labute approximate surface area is 119 Å². The zero-order chi connectivity index (χ0) is 13.4. The lowest BCUT2D eigenvalue weighted by atomic mass is 10.0. The number of nitrogens with zero attached hydrogens (tertiary/aromatic N) is 2. The van der Waals surface area contributed by atoms with Gasteiger partial charge in [0.05, 0.1) is 17.1 Å². The van der Waals surface area contributed by atoms with E-state index in [1.54, 1.807) is 0 Å². The van der Waals surface area contributed by atoms with Crippen molar-refractivity contribution in [3.05, 3.63) is 29.0 Å². The van der Waals surface area contributed by atoms with Crippen LogP contribution in [0.1, 0.15) is 51.0 Å². The second-order valence-corrected chi connectivity index (χ2v) is 6.01. The Morgan fingerprint density at radius 2 is 2.21 bits per heavy atom. The fourth-order valence-corrected chi connectivity index (χ4v) is 3.11. The van der Waals surface area contributed by atoms with Crippen LogP contribution in [-0.2, 0) is 0 Å². The van der Waals surface area contributed by atoms with Crippen LogP contribution in [0.4, 0.5) is 0 Å². The molecule has 0 spiro atoms. The number of imidazole rings is 1. The molecule has 102 valence electrons. The second-order valence-electron chi connectivity index (χ2n) is 5.57. The summed E-state index contributed by atoms with van der Waals surface area (Å²) in [6, 6.07) is 6.73. The van der Waals surface area contributed by atoms with Gasteiger partial charge in [0, 0.05) is 11.1 Å². The number of rotatable bonds is 2. The fourth-order valence-electron chi connectivity index (χ4n) is 2.95. The lowest BCUT2D eigenvalue weighted by molar-refractivity contribution is 0.380. The minimum atomic E-state index is 0.377. The van der Waals surface area contributed by atoms with Crippen LogP contribution in [0.2, 0.25) is 5.02 Å². The lowest BCUT2D eigenvalue weighted by Gasteiger charge is -2.25. The Bertz CT molecular complexity index is 582. The highest BCUT2D eigenvalue weighted by molar-refractivity contribution is 6.31. The summed E-state index contributed by atoms with van der Waals surface area (Å²) in [4.78, 5) is 4.84. The predicted octanol–water partition coefficient (Wildman–Crippen LogP) is 4.09. The van der Waals surface area contributed by atoms with Gasteiger partial charge in [0.15, 0.2) is 0 Å². The summed E-state index contributed by atoms with van der Waals surface area (Å²) in [5.41, 5.74) is 2.19. The van der Waals surface area contributed by atoms with Crippen LogP contribution in [0.3, 0.4) is 0 Å². The molecule has 1 aliphatic heterocycles. The summed E-state index contributed by atoms with van der Waals surface area (Å²) >= 11 is 6.13. The van der Waals surface area contributed by atoms with Gasteiger partial charge in [0.2, 0.25) is 0 Å². The van der Waals surface area contributed by atoms with Gasteiger partial charge < -0.3 is 9.88 Å². The topological polar surface area (TPSA) is 29.9 Å². The first-order valence-electron chi connectivity index (χ1n) is 7.07. The van der Waals surface area contributed by atoms with E-state index in [0.717, 1.165) is 28.4 Å². The lowest BCUT2D eigenvalue weighted by Crippen LogP contribution is -2.29. The molecule has 1 aromatic heterocycles. The molecule has 2 aromatic rings. The minimum Gasteiger partial charge on any atom is -0.324 e. The number of nitrogens with one attached hydrogen (secondary N) is 1. The molecule has 1 unspecified atom stereocenters. The van der Waals surface area contributed by atoms with E-state index in [9.17, 15) is 0 Å². The van der Waals surface area contributed by atoms with Crippen molar-refractivity contribution in [1.29, 1.82) is 0 Å². The molecule has 2 heterocycles. The monoisotopic (exact) mass is 277 g/mol. The van der Waals surface area contributed by atoms with Crippen molar-refractivity contribution in [2.45, 2.75) is 45.2 Å². The van der Waals surface area contributed by atoms with Gasteiger partial charge in [-0.25, -0.2) is 4.98 Å². The van der Waals surface area contributed by atoms with Crippen LogP contribution in [-0.4, -0.2) is 16.1 Å². The maximum Gasteiger partial charge on any atom is 0.127 e. The van der Waals surface area contributed by atoms with Crippen LogP contribution in [0.15, 0.2) is 18.2 Å². The van der Waals surface area contributed by atoms with Crippen LogP contribution in [0.5, 0.6) is 0 Å². The Hall–Kier alpha value is -1.06. The first-order chi connectivity index (χ1) is 9.16. The maximum atomic E-state index is 6.13. The van der Waals surface area contributed by atoms with Crippen molar-refractivity contribution < 1.29 is 0 Å². The summed E-state index contributed by atoms with van der Waals surface area (Å²) in [6.07, 6.45) is 3.72. The predicted molar refractivity (Wildman–Crippen MR) is 79.7 cm³/mol. The smallest absolute Gasteiger partial charge is 0.127 e. The number of fused-ring (bicyclic) bond motifs is 1. The van der Waals surface area contributed by atoms with Gasteiger partial charge in [0.25, 0.3) is 0 Å². The summed E-state index contributed by atoms with van der Waals surface area (Å²) in [5, 5.41) is 4.37. The molecule has 1 N–H and O–H groups in total. The molecule has 0 radical (unpaired) electrons. The molecule has 1 aliphatic rings. The van der Waals surface area contributed by atoms with Gasteiger partial charge in [-0.05, 0) is 51.4 Å². The van der Waals surface area contributed by atoms with Crippen LogP contribution in [0, 0.1) is 0 Å². The van der Waals surface area contributed by atoms with E-state index in [2.05, 4.69) is 23.7 Å². The molecule has 4 heteroatoms. The Kier molecular flexibility index (Phi) is 3.50. The second kappa shape index (κ2) is 5.14. The van der Waals surface area contributed by atoms with Gasteiger partial charge in [-0.2, -0.15) is 0 Å². The summed E-state index contributed by atoms with van der Waals surface area (Å²) < 4.78 is 2.32. The molecule has 19 heavy (non-hydrogen) atoms. The molecule has 0 bridgehead atoms.